The van der Waals surface area contributed by atoms with Gasteiger partial charge in [0.25, 0.3) is 5.91 Å². The highest BCUT2D eigenvalue weighted by Crippen LogP contribution is 2.23. The van der Waals surface area contributed by atoms with Crippen LogP contribution in [0.5, 0.6) is 0 Å². The van der Waals surface area contributed by atoms with Crippen LogP contribution in [0.15, 0.2) is 77.0 Å². The van der Waals surface area contributed by atoms with Gasteiger partial charge in [0.2, 0.25) is 15.6 Å². The fraction of sp³-hybridized carbons (Fsp3) is 0.0952. The highest BCUT2D eigenvalue weighted by molar-refractivity contribution is 7.91. The first kappa shape index (κ1) is 19.7. The molecule has 9 heteroatoms. The Hall–Kier alpha value is -3.59. The van der Waals surface area contributed by atoms with Crippen LogP contribution in [0.2, 0.25) is 0 Å². The number of aryl methyl sites for hydroxylation is 1. The molecule has 1 amide bonds. The smallest absolute Gasteiger partial charge is 0.254 e. The lowest BCUT2D eigenvalue weighted by Crippen LogP contribution is -2.23. The molecule has 1 N–H and O–H groups in total. The van der Waals surface area contributed by atoms with Gasteiger partial charge in [-0.3, -0.25) is 9.20 Å². The van der Waals surface area contributed by atoms with Crippen LogP contribution in [0, 0.1) is 12.7 Å². The normalized spacial score (nSPS) is 11.5. The van der Waals surface area contributed by atoms with E-state index in [0.29, 0.717) is 22.5 Å². The van der Waals surface area contributed by atoms with Crippen molar-refractivity contribution in [2.75, 3.05) is 0 Å². The molecule has 0 saturated carbocycles. The third kappa shape index (κ3) is 3.79. The van der Waals surface area contributed by atoms with E-state index in [2.05, 4.69) is 15.3 Å². The molecular weight excluding hydrogens is 407 g/mol. The number of sulfone groups is 1. The zero-order chi connectivity index (χ0) is 21.3. The number of benzene rings is 2. The van der Waals surface area contributed by atoms with Gasteiger partial charge >= 0.3 is 0 Å². The summed E-state index contributed by atoms with van der Waals surface area (Å²) in [6.07, 6.45) is 6.35. The van der Waals surface area contributed by atoms with Gasteiger partial charge in [-0.1, -0.05) is 18.2 Å². The van der Waals surface area contributed by atoms with Crippen LogP contribution in [-0.2, 0) is 16.4 Å². The van der Waals surface area contributed by atoms with Gasteiger partial charge in [-0.2, -0.15) is 0 Å². The molecule has 0 aliphatic rings. The lowest BCUT2D eigenvalue weighted by molar-refractivity contribution is 0.0950. The molecule has 2 aromatic heterocycles. The number of halogens is 1. The Labute approximate surface area is 172 Å². The summed E-state index contributed by atoms with van der Waals surface area (Å²) >= 11 is 0. The van der Waals surface area contributed by atoms with Crippen molar-refractivity contribution in [2.45, 2.75) is 23.3 Å². The lowest BCUT2D eigenvalue weighted by Gasteiger charge is -2.08. The number of hydrogen-bond donors (Lipinski definition) is 1. The highest BCUT2D eigenvalue weighted by Gasteiger charge is 2.19. The monoisotopic (exact) mass is 424 g/mol. The van der Waals surface area contributed by atoms with E-state index in [4.69, 9.17) is 0 Å². The van der Waals surface area contributed by atoms with Crippen molar-refractivity contribution in [3.63, 3.8) is 0 Å². The average molecular weight is 424 g/mol. The van der Waals surface area contributed by atoms with Crippen molar-refractivity contribution < 1.29 is 17.6 Å². The molecule has 0 saturated heterocycles. The summed E-state index contributed by atoms with van der Waals surface area (Å²) in [6.45, 7) is 1.78. The minimum Gasteiger partial charge on any atom is -0.348 e. The second-order valence-corrected chi connectivity index (χ2v) is 8.67. The largest absolute Gasteiger partial charge is 0.348 e. The molecule has 2 aromatic carbocycles. The molecule has 0 unspecified atom stereocenters. The third-order valence-corrected chi connectivity index (χ3v) is 6.42. The second-order valence-electron chi connectivity index (χ2n) is 6.72. The summed E-state index contributed by atoms with van der Waals surface area (Å²) in [4.78, 5) is 20.4. The Balaban J connectivity index is 1.46. The van der Waals surface area contributed by atoms with Crippen LogP contribution >= 0.6 is 0 Å². The second kappa shape index (κ2) is 7.68. The van der Waals surface area contributed by atoms with Crippen molar-refractivity contribution in [3.05, 3.63) is 89.8 Å². The Bertz CT molecular complexity index is 1350. The quantitative estimate of drug-likeness (QED) is 0.532. The van der Waals surface area contributed by atoms with Gasteiger partial charge < -0.3 is 5.32 Å². The van der Waals surface area contributed by atoms with Gasteiger partial charge in [0, 0.05) is 31.3 Å². The zero-order valence-electron chi connectivity index (χ0n) is 15.9. The number of imidazole rings is 1. The predicted octanol–water partition coefficient (Wildman–Crippen LogP) is 2.94. The number of fused-ring (bicyclic) bond motifs is 1. The van der Waals surface area contributed by atoms with E-state index in [-0.39, 0.29) is 22.2 Å². The Morgan fingerprint density at radius 1 is 1.10 bits per heavy atom. The van der Waals surface area contributed by atoms with Crippen molar-refractivity contribution in [2.24, 2.45) is 0 Å². The molecule has 4 aromatic rings. The van der Waals surface area contributed by atoms with Crippen LogP contribution in [0.3, 0.4) is 0 Å². The molecule has 0 bridgehead atoms. The molecule has 0 aliphatic heterocycles. The summed E-state index contributed by atoms with van der Waals surface area (Å²) in [5.74, 6) is -0.388. The number of nitrogens with one attached hydrogen (secondary N) is 1. The standard InChI is InChI=1S/C21H17FN4O3S/c1-14-2-5-18(10-19(14)22)30(28,29)17-6-3-15(4-7-17)11-24-20(27)16-12-25-21-23-8-9-26(21)13-16/h2-10,12-13H,11H2,1H3,(H,24,27). The van der Waals surface area contributed by atoms with E-state index in [1.54, 1.807) is 42.0 Å². The van der Waals surface area contributed by atoms with Gasteiger partial charge in [-0.25, -0.2) is 22.8 Å². The molecular formula is C21H17FN4O3S. The molecule has 30 heavy (non-hydrogen) atoms. The number of amides is 1. The minimum absolute atomic E-state index is 0.0515. The number of aromatic nitrogens is 3. The van der Waals surface area contributed by atoms with E-state index >= 15 is 0 Å². The first-order chi connectivity index (χ1) is 14.3. The van der Waals surface area contributed by atoms with Crippen molar-refractivity contribution >= 4 is 21.5 Å². The Morgan fingerprint density at radius 3 is 2.57 bits per heavy atom. The van der Waals surface area contributed by atoms with E-state index in [9.17, 15) is 17.6 Å². The first-order valence-corrected chi connectivity index (χ1v) is 10.5. The zero-order valence-corrected chi connectivity index (χ0v) is 16.7. The summed E-state index contributed by atoms with van der Waals surface area (Å²) in [5.41, 5.74) is 1.47. The fourth-order valence-corrected chi connectivity index (χ4v) is 4.15. The maximum Gasteiger partial charge on any atom is 0.254 e. The van der Waals surface area contributed by atoms with Gasteiger partial charge in [-0.05, 0) is 42.3 Å². The molecule has 7 nitrogen and oxygen atoms in total. The van der Waals surface area contributed by atoms with Gasteiger partial charge in [-0.15, -0.1) is 0 Å². The Kier molecular flexibility index (Phi) is 5.04. The number of rotatable bonds is 5. The molecule has 0 spiro atoms. The van der Waals surface area contributed by atoms with Crippen LogP contribution in [-0.4, -0.2) is 28.7 Å². The van der Waals surface area contributed by atoms with E-state index in [0.717, 1.165) is 6.07 Å². The van der Waals surface area contributed by atoms with Gasteiger partial charge in [0.1, 0.15) is 5.82 Å². The van der Waals surface area contributed by atoms with Crippen molar-refractivity contribution in [1.82, 2.24) is 19.7 Å². The molecule has 0 fully saturated rings. The summed E-state index contributed by atoms with van der Waals surface area (Å²) < 4.78 is 40.8. The number of nitrogens with zero attached hydrogens (tertiary/aromatic N) is 3. The van der Waals surface area contributed by atoms with Crippen LogP contribution < -0.4 is 5.32 Å². The highest BCUT2D eigenvalue weighted by atomic mass is 32.2. The maximum absolute atomic E-state index is 13.8. The Morgan fingerprint density at radius 2 is 1.83 bits per heavy atom. The molecule has 152 valence electrons. The van der Waals surface area contributed by atoms with Crippen molar-refractivity contribution in [1.29, 1.82) is 0 Å². The third-order valence-electron chi connectivity index (χ3n) is 4.65. The van der Waals surface area contributed by atoms with E-state index in [1.807, 2.05) is 0 Å². The molecule has 0 atom stereocenters. The van der Waals surface area contributed by atoms with Crippen molar-refractivity contribution in [3.8, 4) is 0 Å². The van der Waals surface area contributed by atoms with Crippen LogP contribution in [0.25, 0.3) is 5.78 Å². The van der Waals surface area contributed by atoms with Gasteiger partial charge in [0.05, 0.1) is 15.4 Å². The molecule has 0 aliphatic carbocycles. The number of carbonyl (C=O) groups is 1. The molecule has 4 rings (SSSR count). The average Bonchev–Trinajstić information content (AvgIpc) is 3.22. The summed E-state index contributed by atoms with van der Waals surface area (Å²) in [6, 6.07) is 9.92. The minimum atomic E-state index is -3.83. The topological polar surface area (TPSA) is 93.4 Å². The number of hydrogen-bond acceptors (Lipinski definition) is 5. The fourth-order valence-electron chi connectivity index (χ4n) is 2.88. The SMILES string of the molecule is Cc1ccc(S(=O)(=O)c2ccc(CNC(=O)c3cnc4nccn4c3)cc2)cc1F. The van der Waals surface area contributed by atoms with Gasteiger partial charge in [0.15, 0.2) is 0 Å². The molecule has 2 heterocycles. The van der Waals surface area contributed by atoms with E-state index in [1.165, 1.54) is 30.5 Å². The summed E-state index contributed by atoms with van der Waals surface area (Å²) in [7, 11) is -3.83. The summed E-state index contributed by atoms with van der Waals surface area (Å²) in [5, 5.41) is 2.76. The lowest BCUT2D eigenvalue weighted by atomic mass is 10.2. The first-order valence-electron chi connectivity index (χ1n) is 9.02. The van der Waals surface area contributed by atoms with E-state index < -0.39 is 15.7 Å². The van der Waals surface area contributed by atoms with Crippen LogP contribution in [0.1, 0.15) is 21.5 Å². The van der Waals surface area contributed by atoms with Crippen LogP contribution in [0.4, 0.5) is 4.39 Å². The molecule has 0 radical (unpaired) electrons. The number of carbonyl (C=O) groups excluding carboxylic acids is 1. The maximum atomic E-state index is 13.8. The predicted molar refractivity (Wildman–Crippen MR) is 107 cm³/mol.